The van der Waals surface area contributed by atoms with Crippen molar-refractivity contribution in [3.8, 4) is 5.75 Å². The summed E-state index contributed by atoms with van der Waals surface area (Å²) in [6.45, 7) is 5.02. The lowest BCUT2D eigenvalue weighted by Gasteiger charge is -2.32. The highest BCUT2D eigenvalue weighted by Gasteiger charge is 2.52. The van der Waals surface area contributed by atoms with E-state index in [1.165, 1.54) is 6.07 Å². The molecule has 0 aliphatic carbocycles. The van der Waals surface area contributed by atoms with Crippen molar-refractivity contribution in [2.75, 3.05) is 7.05 Å². The summed E-state index contributed by atoms with van der Waals surface area (Å²) in [7, 11) is 1.18. The summed E-state index contributed by atoms with van der Waals surface area (Å²) in [4.78, 5) is 19.7. The normalized spacial score (nSPS) is 24.2. The molecule has 0 radical (unpaired) electrons. The Kier molecular flexibility index (Phi) is 4.67. The van der Waals surface area contributed by atoms with E-state index in [1.54, 1.807) is 24.1 Å². The zero-order valence-corrected chi connectivity index (χ0v) is 20.2. The van der Waals surface area contributed by atoms with Gasteiger partial charge in [0.25, 0.3) is 5.91 Å². The number of fused-ring (bicyclic) bond motifs is 9. The van der Waals surface area contributed by atoms with Crippen molar-refractivity contribution in [2.45, 2.75) is 64.0 Å². The highest BCUT2D eigenvalue weighted by Crippen LogP contribution is 2.50. The Hall–Kier alpha value is -2.98. The number of rotatable bonds is 3. The van der Waals surface area contributed by atoms with Crippen LogP contribution < -0.4 is 10.2 Å². The van der Waals surface area contributed by atoms with Gasteiger partial charge in [-0.2, -0.15) is 8.78 Å². The Balaban J connectivity index is 1.52. The minimum absolute atomic E-state index is 0.0155. The molecule has 1 saturated heterocycles. The number of hydrogen-bond donors (Lipinski definition) is 0. The van der Waals surface area contributed by atoms with Gasteiger partial charge >= 0.3 is 13.7 Å². The SMILES string of the molecule is CN1C(=O)c2cccc(OC(F)F)c2[C@@H]2C[C@H]1c1nc3ccc(B4OC(C)(C)C(C)(C)O4)cc3n12. The van der Waals surface area contributed by atoms with E-state index in [2.05, 4.69) is 4.57 Å². The van der Waals surface area contributed by atoms with E-state index >= 15 is 0 Å². The molecule has 2 aromatic carbocycles. The first kappa shape index (κ1) is 22.5. The summed E-state index contributed by atoms with van der Waals surface area (Å²) >= 11 is 0. The van der Waals surface area contributed by atoms with Crippen molar-refractivity contribution >= 4 is 29.5 Å². The second-order valence-electron chi connectivity index (χ2n) is 10.5. The average molecular weight is 481 g/mol. The van der Waals surface area contributed by atoms with Gasteiger partial charge in [0.2, 0.25) is 0 Å². The molecule has 35 heavy (non-hydrogen) atoms. The standard InChI is InChI=1S/C25H26BF2N3O4/c1-24(2)25(3,4)35-26(34-24)13-9-10-15-16(11-13)31-17-12-18(21(31)29-15)30(5)22(32)14-7-6-8-19(20(14)17)33-23(27)28/h6-11,17-18,23H,12H2,1-5H3/t17-,18-/m0/s1. The smallest absolute Gasteiger partial charge is 0.434 e. The van der Waals surface area contributed by atoms with Gasteiger partial charge in [-0.1, -0.05) is 12.1 Å². The van der Waals surface area contributed by atoms with Gasteiger partial charge in [-0.25, -0.2) is 4.98 Å². The van der Waals surface area contributed by atoms with Gasteiger partial charge < -0.3 is 23.5 Å². The number of carbonyl (C=O) groups is 1. The molecule has 0 N–H and O–H groups in total. The lowest BCUT2D eigenvalue weighted by Crippen LogP contribution is -2.41. The number of imidazole rings is 1. The molecule has 7 nitrogen and oxygen atoms in total. The molecule has 10 heteroatoms. The highest BCUT2D eigenvalue weighted by atomic mass is 19.3. The van der Waals surface area contributed by atoms with Crippen LogP contribution in [-0.4, -0.2) is 52.3 Å². The molecule has 1 fully saturated rings. The first-order chi connectivity index (χ1) is 16.5. The van der Waals surface area contributed by atoms with Crippen molar-refractivity contribution in [2.24, 2.45) is 0 Å². The number of ether oxygens (including phenoxy) is 1. The fraction of sp³-hybridized carbons (Fsp3) is 0.440. The topological polar surface area (TPSA) is 65.8 Å². The largest absolute Gasteiger partial charge is 0.494 e. The van der Waals surface area contributed by atoms with E-state index in [0.29, 0.717) is 17.5 Å². The van der Waals surface area contributed by atoms with Crippen LogP contribution in [0.25, 0.3) is 11.0 Å². The molecule has 6 rings (SSSR count). The fourth-order valence-electron chi connectivity index (χ4n) is 5.42. The maximum atomic E-state index is 13.3. The van der Waals surface area contributed by atoms with E-state index in [1.807, 2.05) is 45.9 Å². The Morgan fingerprint density at radius 2 is 1.83 bits per heavy atom. The van der Waals surface area contributed by atoms with Gasteiger partial charge in [0.1, 0.15) is 11.6 Å². The number of hydrogen-bond acceptors (Lipinski definition) is 5. The van der Waals surface area contributed by atoms with Crippen LogP contribution in [0.5, 0.6) is 5.75 Å². The van der Waals surface area contributed by atoms with E-state index in [9.17, 15) is 13.6 Å². The lowest BCUT2D eigenvalue weighted by atomic mass is 9.79. The van der Waals surface area contributed by atoms with E-state index < -0.39 is 24.9 Å². The molecule has 182 valence electrons. The minimum atomic E-state index is -3.00. The molecule has 2 bridgehead atoms. The van der Waals surface area contributed by atoms with E-state index in [4.69, 9.17) is 19.0 Å². The first-order valence-electron chi connectivity index (χ1n) is 11.7. The van der Waals surface area contributed by atoms with Crippen LogP contribution in [-0.2, 0) is 9.31 Å². The van der Waals surface area contributed by atoms with Crippen LogP contribution in [0.4, 0.5) is 8.78 Å². The van der Waals surface area contributed by atoms with Crippen molar-refractivity contribution in [3.05, 3.63) is 53.3 Å². The molecule has 3 aromatic rings. The van der Waals surface area contributed by atoms with Crippen LogP contribution in [0, 0.1) is 0 Å². The predicted octanol–water partition coefficient (Wildman–Crippen LogP) is 4.06. The van der Waals surface area contributed by atoms with Crippen LogP contribution in [0.15, 0.2) is 36.4 Å². The van der Waals surface area contributed by atoms with Crippen molar-refractivity contribution in [1.29, 1.82) is 0 Å². The second kappa shape index (κ2) is 7.27. The van der Waals surface area contributed by atoms with Crippen LogP contribution in [0.2, 0.25) is 0 Å². The molecule has 1 aromatic heterocycles. The van der Waals surface area contributed by atoms with Crippen LogP contribution >= 0.6 is 0 Å². The Labute approximate surface area is 202 Å². The Morgan fingerprint density at radius 3 is 2.51 bits per heavy atom. The quantitative estimate of drug-likeness (QED) is 0.529. The maximum Gasteiger partial charge on any atom is 0.494 e. The van der Waals surface area contributed by atoms with Gasteiger partial charge in [0, 0.05) is 24.6 Å². The maximum absolute atomic E-state index is 13.3. The first-order valence-corrected chi connectivity index (χ1v) is 11.7. The van der Waals surface area contributed by atoms with Crippen molar-refractivity contribution in [3.63, 3.8) is 0 Å². The average Bonchev–Trinajstić information content (AvgIpc) is 3.37. The number of nitrogens with zero attached hydrogens (tertiary/aromatic N) is 3. The molecule has 2 atom stereocenters. The summed E-state index contributed by atoms with van der Waals surface area (Å²) in [5.41, 5.74) is 2.30. The summed E-state index contributed by atoms with van der Waals surface area (Å²) in [5.74, 6) is 0.509. The summed E-state index contributed by atoms with van der Waals surface area (Å²) < 4.78 is 46.0. The van der Waals surface area contributed by atoms with Crippen molar-refractivity contribution < 1.29 is 27.6 Å². The summed E-state index contributed by atoms with van der Waals surface area (Å²) in [5, 5.41) is 0. The van der Waals surface area contributed by atoms with Gasteiger partial charge in [-0.15, -0.1) is 0 Å². The lowest BCUT2D eigenvalue weighted by molar-refractivity contribution is -0.0507. The number of alkyl halides is 2. The fourth-order valence-corrected chi connectivity index (χ4v) is 5.42. The summed E-state index contributed by atoms with van der Waals surface area (Å²) in [6, 6.07) is 9.91. The molecule has 0 spiro atoms. The van der Waals surface area contributed by atoms with Gasteiger partial charge in [0.15, 0.2) is 0 Å². The van der Waals surface area contributed by atoms with E-state index in [0.717, 1.165) is 22.3 Å². The minimum Gasteiger partial charge on any atom is -0.434 e. The number of carbonyl (C=O) groups excluding carboxylic acids is 1. The highest BCUT2D eigenvalue weighted by molar-refractivity contribution is 6.62. The molecular formula is C25H26BF2N3O4. The summed E-state index contributed by atoms with van der Waals surface area (Å²) in [6.07, 6.45) is 0.526. The Bertz CT molecular complexity index is 1360. The number of amides is 1. The second-order valence-corrected chi connectivity index (χ2v) is 10.5. The third kappa shape index (κ3) is 3.15. The van der Waals surface area contributed by atoms with Gasteiger partial charge in [-0.3, -0.25) is 4.79 Å². The molecular weight excluding hydrogens is 455 g/mol. The molecule has 0 saturated carbocycles. The number of aromatic nitrogens is 2. The number of benzene rings is 2. The molecule has 0 unspecified atom stereocenters. The van der Waals surface area contributed by atoms with Crippen molar-refractivity contribution in [1.82, 2.24) is 14.5 Å². The Morgan fingerprint density at radius 1 is 1.11 bits per heavy atom. The molecule has 4 heterocycles. The van der Waals surface area contributed by atoms with Crippen LogP contribution in [0.1, 0.15) is 67.9 Å². The van der Waals surface area contributed by atoms with Crippen LogP contribution in [0.3, 0.4) is 0 Å². The predicted molar refractivity (Wildman–Crippen MR) is 126 cm³/mol. The monoisotopic (exact) mass is 481 g/mol. The molecule has 3 aliphatic heterocycles. The van der Waals surface area contributed by atoms with Gasteiger partial charge in [0.05, 0.1) is 34.3 Å². The third-order valence-electron chi connectivity index (χ3n) is 7.96. The third-order valence-corrected chi connectivity index (χ3v) is 7.96. The molecule has 1 amide bonds. The van der Waals surface area contributed by atoms with E-state index in [-0.39, 0.29) is 23.7 Å². The number of halogens is 2. The molecule has 3 aliphatic rings. The zero-order valence-electron chi connectivity index (χ0n) is 20.2. The van der Waals surface area contributed by atoms with Gasteiger partial charge in [-0.05, 0) is 57.4 Å². The zero-order chi connectivity index (χ0) is 24.9.